The molecule has 108 valence electrons. The number of likely N-dealkylation sites (N-methyl/N-ethyl adjacent to an activating group) is 1. The molecule has 1 aromatic heterocycles. The average Bonchev–Trinajstić information content (AvgIpc) is 2.42. The van der Waals surface area contributed by atoms with Crippen molar-refractivity contribution < 1.29 is 4.74 Å². The molecule has 0 radical (unpaired) electrons. The first-order valence-electron chi connectivity index (χ1n) is 7.21. The molecule has 1 heterocycles. The predicted molar refractivity (Wildman–Crippen MR) is 80.7 cm³/mol. The van der Waals surface area contributed by atoms with Crippen LogP contribution < -0.4 is 10.2 Å². The van der Waals surface area contributed by atoms with Crippen LogP contribution in [0.5, 0.6) is 0 Å². The Morgan fingerprint density at radius 1 is 1.32 bits per heavy atom. The van der Waals surface area contributed by atoms with Crippen molar-refractivity contribution in [2.45, 2.75) is 34.2 Å². The van der Waals surface area contributed by atoms with E-state index in [1.807, 2.05) is 13.1 Å². The maximum atomic E-state index is 5.42. The summed E-state index contributed by atoms with van der Waals surface area (Å²) >= 11 is 0. The van der Waals surface area contributed by atoms with Gasteiger partial charge in [-0.1, -0.05) is 6.92 Å². The van der Waals surface area contributed by atoms with Crippen molar-refractivity contribution in [3.8, 4) is 0 Å². The van der Waals surface area contributed by atoms with Crippen molar-refractivity contribution in [1.29, 1.82) is 0 Å². The molecule has 1 aromatic rings. The van der Waals surface area contributed by atoms with E-state index in [4.69, 9.17) is 4.74 Å². The van der Waals surface area contributed by atoms with Gasteiger partial charge in [0, 0.05) is 32.4 Å². The summed E-state index contributed by atoms with van der Waals surface area (Å²) < 4.78 is 5.42. The second-order valence-electron chi connectivity index (χ2n) is 4.54. The molecule has 0 bridgehead atoms. The first-order chi connectivity index (χ1) is 9.22. The summed E-state index contributed by atoms with van der Waals surface area (Å²) in [4.78, 5) is 6.88. The number of hydrogen-bond acceptors (Lipinski definition) is 4. The second kappa shape index (κ2) is 8.88. The summed E-state index contributed by atoms with van der Waals surface area (Å²) in [5.41, 5.74) is 2.47. The van der Waals surface area contributed by atoms with Crippen molar-refractivity contribution in [2.24, 2.45) is 0 Å². The van der Waals surface area contributed by atoms with Gasteiger partial charge < -0.3 is 15.0 Å². The second-order valence-corrected chi connectivity index (χ2v) is 4.54. The van der Waals surface area contributed by atoms with E-state index in [2.05, 4.69) is 42.0 Å². The van der Waals surface area contributed by atoms with Crippen molar-refractivity contribution in [3.05, 3.63) is 23.4 Å². The number of aryl methyl sites for hydroxylation is 1. The number of ether oxygens (including phenoxy) is 1. The highest BCUT2D eigenvalue weighted by atomic mass is 16.5. The van der Waals surface area contributed by atoms with Gasteiger partial charge in [-0.25, -0.2) is 4.98 Å². The normalized spacial score (nSPS) is 10.7. The monoisotopic (exact) mass is 265 g/mol. The Balaban J connectivity index is 2.69. The summed E-state index contributed by atoms with van der Waals surface area (Å²) in [6, 6.07) is 2.22. The van der Waals surface area contributed by atoms with Crippen LogP contribution in [0.4, 0.5) is 5.82 Å². The van der Waals surface area contributed by atoms with Gasteiger partial charge in [-0.15, -0.1) is 0 Å². The average molecular weight is 265 g/mol. The van der Waals surface area contributed by atoms with E-state index in [9.17, 15) is 0 Å². The van der Waals surface area contributed by atoms with Crippen molar-refractivity contribution in [2.75, 3.05) is 37.7 Å². The molecule has 0 fully saturated rings. The molecular formula is C15H27N3O. The number of nitrogens with zero attached hydrogens (tertiary/aromatic N) is 2. The van der Waals surface area contributed by atoms with E-state index in [1.165, 1.54) is 11.1 Å². The van der Waals surface area contributed by atoms with Crippen LogP contribution in [0, 0.1) is 6.92 Å². The first-order valence-corrected chi connectivity index (χ1v) is 7.21. The van der Waals surface area contributed by atoms with E-state index < -0.39 is 0 Å². The lowest BCUT2D eigenvalue weighted by atomic mass is 10.2. The standard InChI is InChI=1S/C15H27N3O/c1-5-16-11-14-10-13(4)15(17-12-14)18(6-2)8-9-19-7-3/h10,12,16H,5-9,11H2,1-4H3. The SMILES string of the molecule is CCNCc1cnc(N(CC)CCOCC)c(C)c1. The maximum absolute atomic E-state index is 5.42. The Hall–Kier alpha value is -1.13. The number of nitrogens with one attached hydrogen (secondary N) is 1. The Morgan fingerprint density at radius 2 is 2.11 bits per heavy atom. The van der Waals surface area contributed by atoms with Gasteiger partial charge in [-0.3, -0.25) is 0 Å². The van der Waals surface area contributed by atoms with Crippen LogP contribution in [0.15, 0.2) is 12.3 Å². The lowest BCUT2D eigenvalue weighted by molar-refractivity contribution is 0.154. The minimum Gasteiger partial charge on any atom is -0.380 e. The molecule has 0 spiro atoms. The molecule has 0 aliphatic carbocycles. The maximum Gasteiger partial charge on any atom is 0.131 e. The Morgan fingerprint density at radius 3 is 2.68 bits per heavy atom. The zero-order valence-corrected chi connectivity index (χ0v) is 12.7. The minimum atomic E-state index is 0.755. The number of hydrogen-bond donors (Lipinski definition) is 1. The van der Waals surface area contributed by atoms with Gasteiger partial charge >= 0.3 is 0 Å². The van der Waals surface area contributed by atoms with Crippen LogP contribution >= 0.6 is 0 Å². The number of pyridine rings is 1. The van der Waals surface area contributed by atoms with E-state index in [1.54, 1.807) is 0 Å². The summed E-state index contributed by atoms with van der Waals surface area (Å²) in [6.07, 6.45) is 1.97. The van der Waals surface area contributed by atoms with Crippen molar-refractivity contribution in [1.82, 2.24) is 10.3 Å². The molecule has 0 amide bonds. The lowest BCUT2D eigenvalue weighted by Gasteiger charge is -2.23. The fourth-order valence-corrected chi connectivity index (χ4v) is 2.06. The highest BCUT2D eigenvalue weighted by Crippen LogP contribution is 2.17. The Bertz CT molecular complexity index is 368. The molecule has 0 aliphatic rings. The summed E-state index contributed by atoms with van der Waals surface area (Å²) in [7, 11) is 0. The quantitative estimate of drug-likeness (QED) is 0.696. The summed E-state index contributed by atoms with van der Waals surface area (Å²) in [6.45, 7) is 13.7. The van der Waals surface area contributed by atoms with E-state index in [0.717, 1.165) is 45.2 Å². The van der Waals surface area contributed by atoms with Gasteiger partial charge in [0.15, 0.2) is 0 Å². The van der Waals surface area contributed by atoms with Gasteiger partial charge in [0.1, 0.15) is 5.82 Å². The molecule has 0 atom stereocenters. The zero-order valence-electron chi connectivity index (χ0n) is 12.7. The van der Waals surface area contributed by atoms with Crippen LogP contribution in [0.25, 0.3) is 0 Å². The van der Waals surface area contributed by atoms with Gasteiger partial charge in [0.25, 0.3) is 0 Å². The zero-order chi connectivity index (χ0) is 14.1. The van der Waals surface area contributed by atoms with Gasteiger partial charge in [-0.05, 0) is 44.5 Å². The smallest absolute Gasteiger partial charge is 0.131 e. The molecule has 0 saturated carbocycles. The highest BCUT2D eigenvalue weighted by Gasteiger charge is 2.09. The van der Waals surface area contributed by atoms with Crippen molar-refractivity contribution >= 4 is 5.82 Å². The van der Waals surface area contributed by atoms with Gasteiger partial charge in [-0.2, -0.15) is 0 Å². The van der Waals surface area contributed by atoms with Gasteiger partial charge in [0.05, 0.1) is 6.61 Å². The molecule has 1 N–H and O–H groups in total. The Labute approximate surface area is 117 Å². The molecule has 1 rings (SSSR count). The molecule has 19 heavy (non-hydrogen) atoms. The third-order valence-corrected chi connectivity index (χ3v) is 3.08. The van der Waals surface area contributed by atoms with E-state index >= 15 is 0 Å². The largest absolute Gasteiger partial charge is 0.380 e. The summed E-state index contributed by atoms with van der Waals surface area (Å²) in [5, 5.41) is 3.32. The first kappa shape index (κ1) is 15.9. The number of rotatable bonds is 9. The molecule has 4 heteroatoms. The van der Waals surface area contributed by atoms with Gasteiger partial charge in [0.2, 0.25) is 0 Å². The van der Waals surface area contributed by atoms with Crippen LogP contribution in [-0.2, 0) is 11.3 Å². The third-order valence-electron chi connectivity index (χ3n) is 3.08. The van der Waals surface area contributed by atoms with Crippen molar-refractivity contribution in [3.63, 3.8) is 0 Å². The summed E-state index contributed by atoms with van der Waals surface area (Å²) in [5.74, 6) is 1.07. The van der Waals surface area contributed by atoms with Crippen LogP contribution in [0.3, 0.4) is 0 Å². The molecule has 0 aliphatic heterocycles. The minimum absolute atomic E-state index is 0.755. The molecule has 4 nitrogen and oxygen atoms in total. The van der Waals surface area contributed by atoms with Crippen LogP contribution in [0.2, 0.25) is 0 Å². The predicted octanol–water partition coefficient (Wildman–Crippen LogP) is 2.36. The molecule has 0 saturated heterocycles. The molecule has 0 unspecified atom stereocenters. The van der Waals surface area contributed by atoms with Crippen LogP contribution in [-0.4, -0.2) is 37.8 Å². The molecule has 0 aromatic carbocycles. The number of anilines is 1. The highest BCUT2D eigenvalue weighted by molar-refractivity contribution is 5.47. The Kier molecular flexibility index (Phi) is 7.45. The van der Waals surface area contributed by atoms with E-state index in [-0.39, 0.29) is 0 Å². The van der Waals surface area contributed by atoms with E-state index in [0.29, 0.717) is 0 Å². The topological polar surface area (TPSA) is 37.4 Å². The fourth-order valence-electron chi connectivity index (χ4n) is 2.06. The third kappa shape index (κ3) is 5.17. The number of aromatic nitrogens is 1. The molecular weight excluding hydrogens is 238 g/mol. The fraction of sp³-hybridized carbons (Fsp3) is 0.667. The van der Waals surface area contributed by atoms with Crippen LogP contribution in [0.1, 0.15) is 31.9 Å². The lowest BCUT2D eigenvalue weighted by Crippen LogP contribution is -2.28.